The molecule has 4 atom stereocenters. The number of likely N-dealkylation sites (N-methyl/N-ethyl adjacent to an activating group) is 2. The number of halogens is 4. The Morgan fingerprint density at radius 1 is 0.538 bits per heavy atom. The number of amides is 6. The van der Waals surface area contributed by atoms with Crippen LogP contribution in [0.4, 0.5) is 22.7 Å². The molecule has 0 fully saturated rings. The van der Waals surface area contributed by atoms with Crippen molar-refractivity contribution in [3.05, 3.63) is 165 Å². The third kappa shape index (κ3) is 11.7. The second-order valence-corrected chi connectivity index (χ2v) is 20.4. The summed E-state index contributed by atoms with van der Waals surface area (Å²) in [5.74, 6) is -1.82. The monoisotopic (exact) mass is 1220 g/mol. The van der Waals surface area contributed by atoms with Crippen LogP contribution in [-0.2, 0) is 32.3 Å². The maximum absolute atomic E-state index is 15.3. The predicted molar refractivity (Wildman–Crippen MR) is 317 cm³/mol. The summed E-state index contributed by atoms with van der Waals surface area (Å²) in [5.41, 5.74) is 3.26. The van der Waals surface area contributed by atoms with Gasteiger partial charge in [-0.25, -0.2) is 0 Å². The highest BCUT2D eigenvalue weighted by atomic mass is 79.9. The largest absolute Gasteiger partial charge is 0.496 e. The van der Waals surface area contributed by atoms with Crippen LogP contribution in [0, 0.1) is 0 Å². The molecule has 0 aliphatic carbocycles. The van der Waals surface area contributed by atoms with E-state index < -0.39 is 59.6 Å². The van der Waals surface area contributed by atoms with E-state index in [1.54, 1.807) is 119 Å². The summed E-state index contributed by atoms with van der Waals surface area (Å²) in [4.78, 5) is 94.2. The van der Waals surface area contributed by atoms with Gasteiger partial charge in [-0.05, 0) is 128 Å². The number of nitrogens with zero attached hydrogens (tertiary/aromatic N) is 4. The van der Waals surface area contributed by atoms with Crippen molar-refractivity contribution in [3.8, 4) is 11.5 Å². The van der Waals surface area contributed by atoms with Gasteiger partial charge >= 0.3 is 0 Å². The van der Waals surface area contributed by atoms with Gasteiger partial charge in [-0.1, -0.05) is 86.5 Å². The molecule has 9 rings (SSSR count). The lowest BCUT2D eigenvalue weighted by Crippen LogP contribution is -2.56. The average Bonchev–Trinajstić information content (AvgIpc) is 3.69. The van der Waals surface area contributed by atoms with E-state index in [4.69, 9.17) is 9.47 Å². The van der Waals surface area contributed by atoms with Gasteiger partial charge in [0.2, 0.25) is 11.8 Å². The molecule has 0 unspecified atom stereocenters. The molecule has 0 radical (unpaired) electrons. The minimum atomic E-state index is -1.22. The summed E-state index contributed by atoms with van der Waals surface area (Å²) >= 11 is 7.14. The molecule has 20 heteroatoms. The molecule has 0 saturated carbocycles. The van der Waals surface area contributed by atoms with Crippen molar-refractivity contribution < 1.29 is 38.2 Å². The van der Waals surface area contributed by atoms with E-state index in [0.717, 1.165) is 41.6 Å². The summed E-state index contributed by atoms with van der Waals surface area (Å²) in [7, 11) is 6.40. The van der Waals surface area contributed by atoms with E-state index in [1.165, 1.54) is 15.9 Å². The number of rotatable bonds is 14. The van der Waals surface area contributed by atoms with E-state index in [9.17, 15) is 9.59 Å². The molecular weight excluding hydrogens is 1170 g/mol. The summed E-state index contributed by atoms with van der Waals surface area (Å²) in [6.07, 6.45) is 0. The Kier molecular flexibility index (Phi) is 18.9. The molecule has 78 heavy (non-hydrogen) atoms. The number of benzene rings is 7. The van der Waals surface area contributed by atoms with Gasteiger partial charge in [0.1, 0.15) is 23.6 Å². The number of para-hydroxylation sites is 4. The van der Waals surface area contributed by atoms with Crippen molar-refractivity contribution in [2.24, 2.45) is 0 Å². The van der Waals surface area contributed by atoms with Gasteiger partial charge in [0, 0.05) is 31.2 Å². The van der Waals surface area contributed by atoms with Crippen LogP contribution in [-0.4, -0.2) is 101 Å². The molecule has 7 aromatic rings. The van der Waals surface area contributed by atoms with E-state index in [0.29, 0.717) is 34.2 Å². The Labute approximate surface area is 481 Å². The highest BCUT2D eigenvalue weighted by Gasteiger charge is 2.41. The first-order chi connectivity index (χ1) is 36.6. The Hall–Kier alpha value is -7.06. The minimum Gasteiger partial charge on any atom is -0.496 e. The number of carbonyl (C=O) groups excluding carboxylic acids is 6. The van der Waals surface area contributed by atoms with Gasteiger partial charge in [-0.3, -0.25) is 28.8 Å². The smallest absolute Gasteiger partial charge is 0.258 e. The van der Waals surface area contributed by atoms with E-state index >= 15 is 19.2 Å². The van der Waals surface area contributed by atoms with Crippen molar-refractivity contribution >= 4 is 136 Å². The SMILES string of the molecule is CN[C@@H](C)C(=O)N[C@H]1CN(C(=O)c2cccc(C(=O)N3C[C@H](NC(=O)[C@H](C)NC)C(=O)N(Cc4c(OC)ccc5cc(Br)ccc45)c4ccccc43)c2)c2ccccc2N(Cc2c(OC)ccc3cc(Br)ccc23)C1=O.Cl.Cl. The van der Waals surface area contributed by atoms with E-state index in [2.05, 4.69) is 53.1 Å². The fourth-order valence-electron chi connectivity index (χ4n) is 9.77. The fourth-order valence-corrected chi connectivity index (χ4v) is 10.5. The quantitative estimate of drug-likeness (QED) is 0.0821. The van der Waals surface area contributed by atoms with Gasteiger partial charge in [-0.2, -0.15) is 0 Å². The molecule has 0 spiro atoms. The Morgan fingerprint density at radius 2 is 0.923 bits per heavy atom. The number of carbonyl (C=O) groups is 6. The lowest BCUT2D eigenvalue weighted by molar-refractivity contribution is -0.128. The van der Waals surface area contributed by atoms with Gasteiger partial charge in [0.25, 0.3) is 23.6 Å². The topological polar surface area (TPSA) is 182 Å². The second kappa shape index (κ2) is 25.2. The number of hydrogen-bond donors (Lipinski definition) is 4. The number of methoxy groups -OCH3 is 2. The molecule has 2 aliphatic rings. The van der Waals surface area contributed by atoms with Crippen LogP contribution >= 0.6 is 56.7 Å². The van der Waals surface area contributed by atoms with Crippen molar-refractivity contribution in [1.82, 2.24) is 21.3 Å². The lowest BCUT2D eigenvalue weighted by Gasteiger charge is -2.27. The fraction of sp³-hybridized carbons (Fsp3) is 0.241. The number of nitrogens with one attached hydrogen (secondary N) is 4. The van der Waals surface area contributed by atoms with Crippen molar-refractivity contribution in [2.75, 3.05) is 61.0 Å². The summed E-state index contributed by atoms with van der Waals surface area (Å²) in [6.45, 7) is 2.88. The number of hydrogen-bond acceptors (Lipinski definition) is 10. The standard InChI is InChI=1S/C58H56Br2N8O8.2ClH/c1-33(61-3)53(69)63-45-31-67(49-16-9-7-14-47(49)65(57(45)73)29-43-41-22-20-39(59)27-35(41)18-24-51(43)75-5)55(71)37-12-11-13-38(26-37)56(72)68-32-46(64-54(70)34(2)62-4)58(74)66(48-15-8-10-17-50(48)68)30-44-42-23-21-40(60)28-36(42)19-25-52(44)76-6;;/h7-28,33-34,45-46,61-62H,29-32H2,1-6H3,(H,63,69)(H,64,70);2*1H/t33-,34-,45-,46-;;/m0../s1. The predicted octanol–water partition coefficient (Wildman–Crippen LogP) is 8.95. The van der Waals surface area contributed by atoms with Gasteiger partial charge in [0.15, 0.2) is 0 Å². The van der Waals surface area contributed by atoms with Crippen LogP contribution in [0.15, 0.2) is 142 Å². The number of fused-ring (bicyclic) bond motifs is 4. The normalized spacial score (nSPS) is 15.9. The van der Waals surface area contributed by atoms with Crippen LogP contribution in [0.1, 0.15) is 45.7 Å². The summed E-state index contributed by atoms with van der Waals surface area (Å²) in [5, 5.41) is 15.2. The van der Waals surface area contributed by atoms with Gasteiger partial charge in [0.05, 0.1) is 75.2 Å². The van der Waals surface area contributed by atoms with Crippen molar-refractivity contribution in [1.29, 1.82) is 0 Å². The van der Waals surface area contributed by atoms with Crippen LogP contribution in [0.25, 0.3) is 21.5 Å². The van der Waals surface area contributed by atoms with Crippen molar-refractivity contribution in [2.45, 2.75) is 51.1 Å². The zero-order valence-electron chi connectivity index (χ0n) is 43.5. The molecule has 16 nitrogen and oxygen atoms in total. The molecule has 2 aliphatic heterocycles. The lowest BCUT2D eigenvalue weighted by atomic mass is 10.0. The first kappa shape index (κ1) is 58.6. The van der Waals surface area contributed by atoms with Crippen LogP contribution < -0.4 is 50.3 Å². The summed E-state index contributed by atoms with van der Waals surface area (Å²) < 4.78 is 13.5. The Morgan fingerprint density at radius 3 is 1.29 bits per heavy atom. The molecule has 0 aromatic heterocycles. The van der Waals surface area contributed by atoms with Crippen LogP contribution in [0.5, 0.6) is 11.5 Å². The number of ether oxygens (including phenoxy) is 2. The maximum Gasteiger partial charge on any atom is 0.258 e. The maximum atomic E-state index is 15.3. The summed E-state index contributed by atoms with van der Waals surface area (Å²) in [6, 6.07) is 35.8. The Bertz CT molecular complexity index is 3240. The highest BCUT2D eigenvalue weighted by Crippen LogP contribution is 2.41. The second-order valence-electron chi connectivity index (χ2n) is 18.6. The first-order valence-corrected chi connectivity index (χ1v) is 26.2. The first-order valence-electron chi connectivity index (χ1n) is 24.6. The van der Waals surface area contributed by atoms with Gasteiger partial charge in [-0.15, -0.1) is 24.8 Å². The number of anilines is 4. The third-order valence-corrected chi connectivity index (χ3v) is 15.1. The van der Waals surface area contributed by atoms with Crippen LogP contribution in [0.3, 0.4) is 0 Å². The van der Waals surface area contributed by atoms with Crippen LogP contribution in [0.2, 0.25) is 0 Å². The minimum absolute atomic E-state index is 0. The third-order valence-electron chi connectivity index (χ3n) is 14.1. The zero-order valence-corrected chi connectivity index (χ0v) is 48.3. The molecular formula is C58H58Br2Cl2N8O8. The van der Waals surface area contributed by atoms with E-state index in [-0.39, 0.29) is 62.1 Å². The van der Waals surface area contributed by atoms with Crippen molar-refractivity contribution in [3.63, 3.8) is 0 Å². The zero-order chi connectivity index (χ0) is 53.9. The molecule has 4 N–H and O–H groups in total. The molecule has 2 heterocycles. The van der Waals surface area contributed by atoms with Gasteiger partial charge < -0.3 is 50.3 Å². The molecule has 0 saturated heterocycles. The molecule has 6 amide bonds. The Balaban J connectivity index is 0.00000441. The highest BCUT2D eigenvalue weighted by molar-refractivity contribution is 9.10. The van der Waals surface area contributed by atoms with E-state index in [1.807, 2.05) is 60.7 Å². The average molecular weight is 1230 g/mol. The molecule has 406 valence electrons. The molecule has 0 bridgehead atoms. The molecule has 7 aromatic carbocycles.